The molecule has 0 spiro atoms. The zero-order chi connectivity index (χ0) is 20.5. The van der Waals surface area contributed by atoms with Crippen LogP contribution in [0.3, 0.4) is 0 Å². The molecule has 0 atom stereocenters. The molecule has 0 aromatic heterocycles. The van der Waals surface area contributed by atoms with Crippen molar-refractivity contribution in [1.82, 2.24) is 0 Å². The summed E-state index contributed by atoms with van der Waals surface area (Å²) in [5, 5.41) is 10.2. The van der Waals surface area contributed by atoms with Gasteiger partial charge in [0.05, 0.1) is 11.5 Å². The fourth-order valence-electron chi connectivity index (χ4n) is 7.46. The Kier molecular flexibility index (Phi) is 9.40. The van der Waals surface area contributed by atoms with E-state index < -0.39 is 0 Å². The minimum absolute atomic E-state index is 0.0447. The first-order valence-corrected chi connectivity index (χ1v) is 13.6. The molecule has 0 aromatic carbocycles. The van der Waals surface area contributed by atoms with Gasteiger partial charge in [-0.2, -0.15) is 5.26 Å². The molecule has 3 aliphatic rings. The minimum atomic E-state index is 0.0447. The van der Waals surface area contributed by atoms with E-state index in [0.29, 0.717) is 5.92 Å². The predicted molar refractivity (Wildman–Crippen MR) is 125 cm³/mol. The number of hydrogen-bond donors (Lipinski definition) is 0. The monoisotopic (exact) mass is 399 g/mol. The van der Waals surface area contributed by atoms with Crippen LogP contribution in [0.2, 0.25) is 0 Å². The SMILES string of the molecule is CCCCCCC1CCC(C2(C#N)CCC(C3CCC(CCC)CC3)CC2)CC1. The van der Waals surface area contributed by atoms with Crippen molar-refractivity contribution in [2.24, 2.45) is 35.0 Å². The predicted octanol–water partition coefficient (Wildman–Crippen LogP) is 9.07. The first kappa shape index (κ1) is 23.2. The van der Waals surface area contributed by atoms with Gasteiger partial charge in [0, 0.05) is 0 Å². The lowest BCUT2D eigenvalue weighted by atomic mass is 9.57. The third-order valence-corrected chi connectivity index (χ3v) is 9.49. The number of hydrogen-bond acceptors (Lipinski definition) is 1. The van der Waals surface area contributed by atoms with Crippen LogP contribution in [0.1, 0.15) is 136 Å². The van der Waals surface area contributed by atoms with Crippen molar-refractivity contribution in [3.63, 3.8) is 0 Å². The van der Waals surface area contributed by atoms with Crippen LogP contribution in [-0.2, 0) is 0 Å². The highest BCUT2D eigenvalue weighted by Crippen LogP contribution is 2.52. The summed E-state index contributed by atoms with van der Waals surface area (Å²) in [4.78, 5) is 0. The molecule has 0 aromatic rings. The van der Waals surface area contributed by atoms with E-state index in [0.717, 1.165) is 23.7 Å². The van der Waals surface area contributed by atoms with E-state index in [1.165, 1.54) is 122 Å². The zero-order valence-corrected chi connectivity index (χ0v) is 19.8. The molecule has 0 heterocycles. The maximum Gasteiger partial charge on any atom is 0.0692 e. The normalized spacial score (nSPS) is 38.4. The molecule has 1 nitrogen and oxygen atoms in total. The van der Waals surface area contributed by atoms with Crippen LogP contribution in [0.25, 0.3) is 0 Å². The Morgan fingerprint density at radius 1 is 0.655 bits per heavy atom. The molecule has 1 heteroatoms. The summed E-state index contributed by atoms with van der Waals surface area (Å²) >= 11 is 0. The molecule has 0 radical (unpaired) electrons. The average molecular weight is 400 g/mol. The van der Waals surface area contributed by atoms with Crippen molar-refractivity contribution >= 4 is 0 Å². The van der Waals surface area contributed by atoms with Gasteiger partial charge in [0.15, 0.2) is 0 Å². The molecule has 0 unspecified atom stereocenters. The Bertz CT molecular complexity index is 479. The number of rotatable bonds is 9. The van der Waals surface area contributed by atoms with E-state index in [4.69, 9.17) is 0 Å². The van der Waals surface area contributed by atoms with Crippen LogP contribution in [0.5, 0.6) is 0 Å². The van der Waals surface area contributed by atoms with Crippen molar-refractivity contribution in [3.05, 3.63) is 0 Å². The first-order chi connectivity index (χ1) is 14.2. The smallest absolute Gasteiger partial charge is 0.0692 e. The number of nitrogens with zero attached hydrogens (tertiary/aromatic N) is 1. The summed E-state index contributed by atoms with van der Waals surface area (Å²) in [7, 11) is 0. The summed E-state index contributed by atoms with van der Waals surface area (Å²) in [5.74, 6) is 4.62. The molecule has 3 saturated carbocycles. The molecule has 0 aliphatic heterocycles. The van der Waals surface area contributed by atoms with Gasteiger partial charge in [-0.1, -0.05) is 84.5 Å². The molecule has 0 amide bonds. The lowest BCUT2D eigenvalue weighted by molar-refractivity contribution is 0.0602. The van der Waals surface area contributed by atoms with E-state index in [1.54, 1.807) is 0 Å². The van der Waals surface area contributed by atoms with Gasteiger partial charge in [0.2, 0.25) is 0 Å². The van der Waals surface area contributed by atoms with Crippen LogP contribution in [0.4, 0.5) is 0 Å². The summed E-state index contributed by atoms with van der Waals surface area (Å²) in [6.07, 6.45) is 26.5. The number of nitriles is 1. The van der Waals surface area contributed by atoms with E-state index >= 15 is 0 Å². The molecule has 3 fully saturated rings. The lowest BCUT2D eigenvalue weighted by Crippen LogP contribution is -2.38. The van der Waals surface area contributed by atoms with E-state index in [9.17, 15) is 5.26 Å². The van der Waals surface area contributed by atoms with Gasteiger partial charge in [-0.05, 0) is 81.0 Å². The van der Waals surface area contributed by atoms with E-state index in [1.807, 2.05) is 0 Å². The summed E-state index contributed by atoms with van der Waals surface area (Å²) in [6, 6.07) is 2.91. The Morgan fingerprint density at radius 2 is 1.24 bits per heavy atom. The second-order valence-electron chi connectivity index (χ2n) is 11.2. The van der Waals surface area contributed by atoms with Gasteiger partial charge in [0.25, 0.3) is 0 Å². The Labute approximate surface area is 182 Å². The number of unbranched alkanes of at least 4 members (excludes halogenated alkanes) is 3. The van der Waals surface area contributed by atoms with Crippen LogP contribution in [0.15, 0.2) is 0 Å². The van der Waals surface area contributed by atoms with E-state index in [2.05, 4.69) is 19.9 Å². The third-order valence-electron chi connectivity index (χ3n) is 9.49. The Balaban J connectivity index is 1.41. The molecule has 166 valence electrons. The van der Waals surface area contributed by atoms with Gasteiger partial charge < -0.3 is 0 Å². The van der Waals surface area contributed by atoms with Crippen molar-refractivity contribution in [1.29, 1.82) is 5.26 Å². The molecule has 3 aliphatic carbocycles. The molecule has 0 saturated heterocycles. The lowest BCUT2D eigenvalue weighted by Gasteiger charge is -2.46. The first-order valence-electron chi connectivity index (χ1n) is 13.6. The average Bonchev–Trinajstić information content (AvgIpc) is 2.78. The fraction of sp³-hybridized carbons (Fsp3) is 0.964. The second kappa shape index (κ2) is 11.8. The maximum absolute atomic E-state index is 10.2. The van der Waals surface area contributed by atoms with E-state index in [-0.39, 0.29) is 5.41 Å². The Morgan fingerprint density at radius 3 is 1.83 bits per heavy atom. The molecule has 3 rings (SSSR count). The zero-order valence-electron chi connectivity index (χ0n) is 19.8. The Hall–Kier alpha value is -0.510. The summed E-state index contributed by atoms with van der Waals surface area (Å²) in [5.41, 5.74) is 0.0447. The van der Waals surface area contributed by atoms with Gasteiger partial charge >= 0.3 is 0 Å². The molecule has 0 bridgehead atoms. The standard InChI is InChI=1S/C28H49N/c1-3-5-6-7-9-24-12-16-27(17-13-24)28(22-29)20-18-26(19-21-28)25-14-10-23(8-4-2)11-15-25/h23-27H,3-21H2,1-2H3. The van der Waals surface area contributed by atoms with Crippen LogP contribution >= 0.6 is 0 Å². The van der Waals surface area contributed by atoms with Crippen molar-refractivity contribution in [3.8, 4) is 6.07 Å². The quantitative estimate of drug-likeness (QED) is 0.355. The topological polar surface area (TPSA) is 23.8 Å². The van der Waals surface area contributed by atoms with Gasteiger partial charge in [0.1, 0.15) is 0 Å². The maximum atomic E-state index is 10.2. The highest BCUT2D eigenvalue weighted by molar-refractivity contribution is 5.06. The third kappa shape index (κ3) is 6.24. The molecular weight excluding hydrogens is 350 g/mol. The van der Waals surface area contributed by atoms with Gasteiger partial charge in [-0.25, -0.2) is 0 Å². The van der Waals surface area contributed by atoms with Gasteiger partial charge in [-0.15, -0.1) is 0 Å². The highest BCUT2D eigenvalue weighted by atomic mass is 14.5. The second-order valence-corrected chi connectivity index (χ2v) is 11.2. The van der Waals surface area contributed by atoms with Crippen LogP contribution < -0.4 is 0 Å². The summed E-state index contributed by atoms with van der Waals surface area (Å²) < 4.78 is 0. The molecule has 0 N–H and O–H groups in total. The van der Waals surface area contributed by atoms with Gasteiger partial charge in [-0.3, -0.25) is 0 Å². The summed E-state index contributed by atoms with van der Waals surface area (Å²) in [6.45, 7) is 4.65. The fourth-order valence-corrected chi connectivity index (χ4v) is 7.46. The van der Waals surface area contributed by atoms with Crippen molar-refractivity contribution in [2.75, 3.05) is 0 Å². The van der Waals surface area contributed by atoms with Crippen molar-refractivity contribution in [2.45, 2.75) is 136 Å². The minimum Gasteiger partial charge on any atom is -0.198 e. The van der Waals surface area contributed by atoms with Crippen molar-refractivity contribution < 1.29 is 0 Å². The molecular formula is C28H49N. The van der Waals surface area contributed by atoms with Crippen LogP contribution in [-0.4, -0.2) is 0 Å². The largest absolute Gasteiger partial charge is 0.198 e. The highest BCUT2D eigenvalue weighted by Gasteiger charge is 2.44. The molecule has 29 heavy (non-hydrogen) atoms. The van der Waals surface area contributed by atoms with Crippen LogP contribution in [0, 0.1) is 46.3 Å².